The number of rotatable bonds is 2. The van der Waals surface area contributed by atoms with Crippen molar-refractivity contribution in [3.05, 3.63) is 52.6 Å². The third-order valence-corrected chi connectivity index (χ3v) is 5.48. The van der Waals surface area contributed by atoms with Gasteiger partial charge < -0.3 is 0 Å². The molecule has 0 fully saturated rings. The molecule has 4 aromatic heterocycles. The molecular weight excluding hydrogens is 395 g/mol. The number of thiophene rings is 1. The van der Waals surface area contributed by atoms with Crippen LogP contribution in [0.3, 0.4) is 0 Å². The summed E-state index contributed by atoms with van der Waals surface area (Å²) in [5.41, 5.74) is 0.460. The summed E-state index contributed by atoms with van der Waals surface area (Å²) < 4.78 is 46.7. The van der Waals surface area contributed by atoms with Gasteiger partial charge in [-0.15, -0.1) is 11.3 Å². The molecule has 0 bridgehead atoms. The lowest BCUT2D eigenvalue weighted by atomic mass is 10.2. The van der Waals surface area contributed by atoms with Crippen molar-refractivity contribution < 1.29 is 17.7 Å². The van der Waals surface area contributed by atoms with Crippen molar-refractivity contribution >= 4 is 32.6 Å². The fourth-order valence-electron chi connectivity index (χ4n) is 3.16. The zero-order valence-corrected chi connectivity index (χ0v) is 14.9. The molecule has 5 rings (SSSR count). The van der Waals surface area contributed by atoms with Crippen LogP contribution in [-0.4, -0.2) is 24.5 Å². The Kier molecular flexibility index (Phi) is 3.35. The predicted octanol–water partition coefficient (Wildman–Crippen LogP) is 3.94. The average Bonchev–Trinajstić information content (AvgIpc) is 3.36. The summed E-state index contributed by atoms with van der Waals surface area (Å²) in [6.45, 7) is 0. The normalized spacial score (nSPS) is 12.4. The summed E-state index contributed by atoms with van der Waals surface area (Å²) >= 11 is 1.33. The molecule has 0 unspecified atom stereocenters. The van der Waals surface area contributed by atoms with Crippen LogP contribution in [0, 0.1) is 0 Å². The Hall–Kier alpha value is -3.34. The molecule has 0 radical (unpaired) electrons. The summed E-state index contributed by atoms with van der Waals surface area (Å²) in [4.78, 5) is 15.2. The highest BCUT2D eigenvalue weighted by atomic mass is 32.1. The van der Waals surface area contributed by atoms with Gasteiger partial charge in [0.2, 0.25) is 0 Å². The van der Waals surface area contributed by atoms with Crippen molar-refractivity contribution in [1.29, 1.82) is 0 Å². The second-order valence-corrected chi connectivity index (χ2v) is 7.22. The Morgan fingerprint density at radius 3 is 2.57 bits per heavy atom. The van der Waals surface area contributed by atoms with Crippen LogP contribution in [-0.2, 0) is 13.2 Å². The monoisotopic (exact) mass is 405 g/mol. The molecule has 0 aliphatic carbocycles. The third kappa shape index (κ3) is 2.47. The van der Waals surface area contributed by atoms with Crippen molar-refractivity contribution in [2.45, 2.75) is 6.18 Å². The number of aromatic amines is 1. The zero-order valence-electron chi connectivity index (χ0n) is 14.1. The van der Waals surface area contributed by atoms with Crippen LogP contribution in [0.5, 0.6) is 0 Å². The Balaban J connectivity index is 1.76. The van der Waals surface area contributed by atoms with E-state index in [9.17, 15) is 18.0 Å². The molecule has 7 nitrogen and oxygen atoms in total. The van der Waals surface area contributed by atoms with E-state index in [2.05, 4.69) is 19.8 Å². The van der Waals surface area contributed by atoms with E-state index in [1.807, 2.05) is 12.3 Å². The number of alkyl halides is 3. The number of fused-ring (bicyclic) bond motifs is 3. The molecular formula is C17H10F3N5O2S. The molecule has 0 spiro atoms. The van der Waals surface area contributed by atoms with E-state index in [1.165, 1.54) is 23.5 Å². The van der Waals surface area contributed by atoms with Crippen LogP contribution in [0.4, 0.5) is 13.2 Å². The van der Waals surface area contributed by atoms with Crippen LogP contribution in [0.1, 0.15) is 5.56 Å². The number of hydrogen-bond donors (Lipinski definition) is 1. The molecule has 11 heteroatoms. The number of halogens is 3. The Labute approximate surface area is 157 Å². The molecule has 0 amide bonds. The predicted molar refractivity (Wildman–Crippen MR) is 96.5 cm³/mol. The minimum Gasteiger partial charge on any atom is -0.296 e. The maximum atomic E-state index is 12.9. The van der Waals surface area contributed by atoms with E-state index in [4.69, 9.17) is 0 Å². The maximum absolute atomic E-state index is 12.9. The van der Waals surface area contributed by atoms with Crippen molar-refractivity contribution in [2.75, 3.05) is 0 Å². The van der Waals surface area contributed by atoms with Crippen LogP contribution in [0.25, 0.3) is 37.6 Å². The zero-order chi connectivity index (χ0) is 19.6. The first kappa shape index (κ1) is 16.8. The molecule has 28 heavy (non-hydrogen) atoms. The van der Waals surface area contributed by atoms with Crippen molar-refractivity contribution in [3.8, 4) is 16.4 Å². The van der Waals surface area contributed by atoms with Crippen molar-refractivity contribution in [2.24, 2.45) is 7.05 Å². The average molecular weight is 405 g/mol. The standard InChI is InChI=1S/C17H10F3N5O2S/c1-24-7-11-10-6-12(13-21-16(26)27-23-13)28-15(10)25(14(11)22-24)9-4-2-8(3-5-9)17(18,19)20/h2-7H,1H3,(H,21,23,26). The lowest BCUT2D eigenvalue weighted by molar-refractivity contribution is -0.137. The number of benzene rings is 1. The Morgan fingerprint density at radius 1 is 1.18 bits per heavy atom. The molecule has 1 N–H and O–H groups in total. The van der Waals surface area contributed by atoms with E-state index in [-0.39, 0.29) is 0 Å². The molecule has 0 aliphatic heterocycles. The Bertz CT molecular complexity index is 1380. The summed E-state index contributed by atoms with van der Waals surface area (Å²) in [5.74, 6) is -0.368. The first-order valence-corrected chi connectivity index (χ1v) is 8.84. The second kappa shape index (κ2) is 5.58. The smallest absolute Gasteiger partial charge is 0.296 e. The molecule has 0 saturated heterocycles. The largest absolute Gasteiger partial charge is 0.439 e. The van der Waals surface area contributed by atoms with Gasteiger partial charge in [0.15, 0.2) is 11.5 Å². The summed E-state index contributed by atoms with van der Waals surface area (Å²) in [5, 5.41) is 9.84. The van der Waals surface area contributed by atoms with E-state index in [0.29, 0.717) is 22.0 Å². The number of hydrogen-bond acceptors (Lipinski definition) is 5. The highest BCUT2D eigenvalue weighted by Gasteiger charge is 2.30. The second-order valence-electron chi connectivity index (χ2n) is 6.19. The van der Waals surface area contributed by atoms with Gasteiger partial charge in [0.1, 0.15) is 4.83 Å². The van der Waals surface area contributed by atoms with E-state index >= 15 is 0 Å². The van der Waals surface area contributed by atoms with Gasteiger partial charge in [-0.05, 0) is 30.3 Å². The number of aryl methyl sites for hydroxylation is 1. The maximum Gasteiger partial charge on any atom is 0.439 e. The lowest BCUT2D eigenvalue weighted by Crippen LogP contribution is -2.05. The number of nitrogens with zero attached hydrogens (tertiary/aromatic N) is 4. The van der Waals surface area contributed by atoms with Crippen molar-refractivity contribution in [1.82, 2.24) is 24.5 Å². The van der Waals surface area contributed by atoms with Crippen LogP contribution >= 0.6 is 11.3 Å². The number of nitrogens with one attached hydrogen (secondary N) is 1. The molecule has 0 saturated carbocycles. The van der Waals surface area contributed by atoms with Gasteiger partial charge in [-0.3, -0.25) is 18.8 Å². The van der Waals surface area contributed by atoms with Gasteiger partial charge in [-0.2, -0.15) is 18.3 Å². The van der Waals surface area contributed by atoms with E-state index in [1.54, 1.807) is 16.3 Å². The van der Waals surface area contributed by atoms with Gasteiger partial charge in [0, 0.05) is 29.7 Å². The van der Waals surface area contributed by atoms with Gasteiger partial charge in [0.05, 0.1) is 10.4 Å². The SMILES string of the molecule is Cn1cc2c3cc(-c4noc(=O)[nH]4)sc3n(-c3ccc(C(F)(F)F)cc3)c2n1. The Morgan fingerprint density at radius 2 is 1.93 bits per heavy atom. The lowest BCUT2D eigenvalue weighted by Gasteiger charge is -2.09. The minimum atomic E-state index is -4.40. The summed E-state index contributed by atoms with van der Waals surface area (Å²) in [7, 11) is 1.77. The van der Waals surface area contributed by atoms with Crippen LogP contribution in [0.15, 0.2) is 45.8 Å². The summed E-state index contributed by atoms with van der Waals surface area (Å²) in [6, 6.07) is 6.75. The van der Waals surface area contributed by atoms with Gasteiger partial charge in [-0.25, -0.2) is 4.79 Å². The van der Waals surface area contributed by atoms with Gasteiger partial charge in [0.25, 0.3) is 0 Å². The van der Waals surface area contributed by atoms with Gasteiger partial charge in [-0.1, -0.05) is 5.16 Å². The number of aromatic nitrogens is 5. The first-order valence-electron chi connectivity index (χ1n) is 8.03. The minimum absolute atomic E-state index is 0.294. The van der Waals surface area contributed by atoms with E-state index in [0.717, 1.165) is 27.7 Å². The molecule has 1 aromatic carbocycles. The highest BCUT2D eigenvalue weighted by molar-refractivity contribution is 7.22. The first-order chi connectivity index (χ1) is 13.3. The summed E-state index contributed by atoms with van der Waals surface area (Å²) in [6.07, 6.45) is -2.57. The molecule has 142 valence electrons. The molecule has 0 atom stereocenters. The van der Waals surface area contributed by atoms with Crippen LogP contribution in [0.2, 0.25) is 0 Å². The molecule has 0 aliphatic rings. The third-order valence-electron chi connectivity index (χ3n) is 4.35. The fraction of sp³-hybridized carbons (Fsp3) is 0.118. The van der Waals surface area contributed by atoms with Crippen molar-refractivity contribution in [3.63, 3.8) is 0 Å². The topological polar surface area (TPSA) is 81.6 Å². The highest BCUT2D eigenvalue weighted by Crippen LogP contribution is 2.40. The fourth-order valence-corrected chi connectivity index (χ4v) is 4.29. The molecule has 4 heterocycles. The van der Waals surface area contributed by atoms with E-state index < -0.39 is 17.5 Å². The van der Waals surface area contributed by atoms with Gasteiger partial charge >= 0.3 is 11.9 Å². The number of H-pyrrole nitrogens is 1. The molecule has 5 aromatic rings. The van der Waals surface area contributed by atoms with Crippen LogP contribution < -0.4 is 5.76 Å². The quantitative estimate of drug-likeness (QED) is 0.482.